The second-order valence-electron chi connectivity index (χ2n) is 9.92. The van der Waals surface area contributed by atoms with Gasteiger partial charge in [0.05, 0.1) is 28.9 Å². The van der Waals surface area contributed by atoms with E-state index < -0.39 is 6.09 Å². The van der Waals surface area contributed by atoms with Crippen LogP contribution >= 0.6 is 0 Å². The molecule has 5 rings (SSSR count). The number of imidazole rings is 1. The molecular weight excluding hydrogens is 478 g/mol. The van der Waals surface area contributed by atoms with Crippen LogP contribution in [0.1, 0.15) is 36.9 Å². The molecule has 1 fully saturated rings. The number of nitrogens with zero attached hydrogens (tertiary/aromatic N) is 6. The van der Waals surface area contributed by atoms with Crippen LogP contribution in [0.3, 0.4) is 0 Å². The Labute approximate surface area is 222 Å². The molecule has 1 unspecified atom stereocenters. The lowest BCUT2D eigenvalue weighted by Gasteiger charge is -2.36. The van der Waals surface area contributed by atoms with Crippen molar-refractivity contribution in [1.29, 1.82) is 5.26 Å². The molecule has 1 aliphatic heterocycles. The summed E-state index contributed by atoms with van der Waals surface area (Å²) >= 11 is 0. The molecule has 38 heavy (non-hydrogen) atoms. The van der Waals surface area contributed by atoms with Crippen molar-refractivity contribution >= 4 is 17.7 Å². The molecule has 194 valence electrons. The van der Waals surface area contributed by atoms with Gasteiger partial charge < -0.3 is 20.2 Å². The van der Waals surface area contributed by atoms with Crippen LogP contribution in [0.2, 0.25) is 0 Å². The molecule has 0 radical (unpaired) electrons. The van der Waals surface area contributed by atoms with E-state index >= 15 is 0 Å². The van der Waals surface area contributed by atoms with Gasteiger partial charge in [-0.15, -0.1) is 0 Å². The quantitative estimate of drug-likeness (QED) is 0.384. The molecule has 2 aromatic carbocycles. The topological polar surface area (TPSA) is 110 Å². The lowest BCUT2D eigenvalue weighted by atomic mass is 9.97. The Hall–Kier alpha value is -4.42. The van der Waals surface area contributed by atoms with Gasteiger partial charge in [0, 0.05) is 37.1 Å². The maximum Gasteiger partial charge on any atom is 0.405 e. The molecule has 1 amide bonds. The lowest BCUT2D eigenvalue weighted by molar-refractivity contribution is 0.191. The Morgan fingerprint density at radius 2 is 1.76 bits per heavy atom. The minimum Gasteiger partial charge on any atom is -0.465 e. The number of fused-ring (bicyclic) bond motifs is 1. The van der Waals surface area contributed by atoms with Crippen molar-refractivity contribution in [3.8, 4) is 28.5 Å². The summed E-state index contributed by atoms with van der Waals surface area (Å²) in [4.78, 5) is 25.7. The Bertz CT molecular complexity index is 1480. The van der Waals surface area contributed by atoms with Gasteiger partial charge in [-0.25, -0.2) is 14.8 Å². The first-order chi connectivity index (χ1) is 18.4. The molecule has 0 aliphatic carbocycles. The zero-order valence-corrected chi connectivity index (χ0v) is 21.8. The molecule has 4 aromatic rings. The second-order valence-corrected chi connectivity index (χ2v) is 9.92. The van der Waals surface area contributed by atoms with Gasteiger partial charge in [0.15, 0.2) is 0 Å². The SMILES string of the molecule is CC(NC(=O)O)c1ccc(-c2c(-c3ccc(C#N)cc3)nc(N3CCC(N(C)C)CC3)n3ccnc23)cc1. The number of amides is 1. The molecule has 1 saturated heterocycles. The van der Waals surface area contributed by atoms with Crippen LogP contribution in [0, 0.1) is 11.3 Å². The predicted octanol–water partition coefficient (Wildman–Crippen LogP) is 4.79. The highest BCUT2D eigenvalue weighted by molar-refractivity contribution is 5.91. The van der Waals surface area contributed by atoms with E-state index in [1.165, 1.54) is 0 Å². The maximum absolute atomic E-state index is 11.1. The molecular formula is C29H31N7O2. The Morgan fingerprint density at radius 1 is 1.11 bits per heavy atom. The predicted molar refractivity (Wildman–Crippen MR) is 147 cm³/mol. The molecule has 2 N–H and O–H groups in total. The van der Waals surface area contributed by atoms with Crippen LogP contribution in [0.25, 0.3) is 28.0 Å². The number of nitriles is 1. The number of carboxylic acid groups (broad SMARTS) is 1. The number of aromatic nitrogens is 3. The summed E-state index contributed by atoms with van der Waals surface area (Å²) in [5, 5.41) is 20.9. The van der Waals surface area contributed by atoms with E-state index in [1.807, 2.05) is 49.5 Å². The normalized spacial score (nSPS) is 15.0. The first kappa shape index (κ1) is 25.2. The Kier molecular flexibility index (Phi) is 6.99. The van der Waals surface area contributed by atoms with Crippen molar-refractivity contribution in [2.45, 2.75) is 31.8 Å². The van der Waals surface area contributed by atoms with Gasteiger partial charge in [-0.2, -0.15) is 5.26 Å². The average molecular weight is 510 g/mol. The highest BCUT2D eigenvalue weighted by Gasteiger charge is 2.26. The van der Waals surface area contributed by atoms with E-state index in [1.54, 1.807) is 18.3 Å². The number of piperidine rings is 1. The fourth-order valence-electron chi connectivity index (χ4n) is 5.16. The van der Waals surface area contributed by atoms with Crippen molar-refractivity contribution in [2.75, 3.05) is 32.1 Å². The average Bonchev–Trinajstić information content (AvgIpc) is 3.42. The number of nitrogens with one attached hydrogen (secondary N) is 1. The van der Waals surface area contributed by atoms with E-state index in [0.29, 0.717) is 11.6 Å². The summed E-state index contributed by atoms with van der Waals surface area (Å²) in [6.07, 6.45) is 4.81. The summed E-state index contributed by atoms with van der Waals surface area (Å²) in [6.45, 7) is 3.62. The van der Waals surface area contributed by atoms with Crippen molar-refractivity contribution in [3.05, 3.63) is 72.1 Å². The van der Waals surface area contributed by atoms with Crippen LogP contribution in [0.15, 0.2) is 60.9 Å². The lowest BCUT2D eigenvalue weighted by Crippen LogP contribution is -2.43. The zero-order chi connectivity index (χ0) is 26.8. The molecule has 0 bridgehead atoms. The molecule has 3 heterocycles. The van der Waals surface area contributed by atoms with Crippen LogP contribution < -0.4 is 10.2 Å². The molecule has 0 saturated carbocycles. The molecule has 2 aromatic heterocycles. The number of hydrogen-bond donors (Lipinski definition) is 2. The van der Waals surface area contributed by atoms with Gasteiger partial charge in [-0.05, 0) is 57.1 Å². The van der Waals surface area contributed by atoms with E-state index in [0.717, 1.165) is 65.5 Å². The molecule has 9 heteroatoms. The van der Waals surface area contributed by atoms with Gasteiger partial charge in [0.2, 0.25) is 5.95 Å². The van der Waals surface area contributed by atoms with Crippen LogP contribution in [-0.2, 0) is 0 Å². The highest BCUT2D eigenvalue weighted by Crippen LogP contribution is 2.37. The third-order valence-electron chi connectivity index (χ3n) is 7.33. The fourth-order valence-corrected chi connectivity index (χ4v) is 5.16. The summed E-state index contributed by atoms with van der Waals surface area (Å²) < 4.78 is 2.06. The fraction of sp³-hybridized carbons (Fsp3) is 0.310. The van der Waals surface area contributed by atoms with E-state index in [2.05, 4.69) is 39.7 Å². The molecule has 1 atom stereocenters. The second kappa shape index (κ2) is 10.5. The number of hydrogen-bond acceptors (Lipinski definition) is 6. The van der Waals surface area contributed by atoms with Crippen LogP contribution in [0.5, 0.6) is 0 Å². The number of anilines is 1. The number of benzene rings is 2. The van der Waals surface area contributed by atoms with Crippen molar-refractivity contribution in [2.24, 2.45) is 0 Å². The third-order valence-corrected chi connectivity index (χ3v) is 7.33. The van der Waals surface area contributed by atoms with Crippen LogP contribution in [0.4, 0.5) is 10.7 Å². The molecule has 1 aliphatic rings. The van der Waals surface area contributed by atoms with Crippen molar-refractivity contribution < 1.29 is 9.90 Å². The Morgan fingerprint density at radius 3 is 2.37 bits per heavy atom. The molecule has 9 nitrogen and oxygen atoms in total. The summed E-state index contributed by atoms with van der Waals surface area (Å²) in [5.74, 6) is 0.855. The monoisotopic (exact) mass is 509 g/mol. The molecule has 0 spiro atoms. The number of carbonyl (C=O) groups is 1. The first-order valence-electron chi connectivity index (χ1n) is 12.7. The highest BCUT2D eigenvalue weighted by atomic mass is 16.4. The maximum atomic E-state index is 11.1. The summed E-state index contributed by atoms with van der Waals surface area (Å²) in [6, 6.07) is 17.7. The van der Waals surface area contributed by atoms with Crippen molar-refractivity contribution in [1.82, 2.24) is 24.6 Å². The van der Waals surface area contributed by atoms with E-state index in [-0.39, 0.29) is 6.04 Å². The first-order valence-corrected chi connectivity index (χ1v) is 12.7. The largest absolute Gasteiger partial charge is 0.465 e. The zero-order valence-electron chi connectivity index (χ0n) is 21.8. The van der Waals surface area contributed by atoms with Gasteiger partial charge in [-0.1, -0.05) is 36.4 Å². The number of rotatable bonds is 6. The smallest absolute Gasteiger partial charge is 0.405 e. The van der Waals surface area contributed by atoms with E-state index in [9.17, 15) is 10.1 Å². The third kappa shape index (κ3) is 4.91. The van der Waals surface area contributed by atoms with Gasteiger partial charge >= 0.3 is 6.09 Å². The van der Waals surface area contributed by atoms with E-state index in [4.69, 9.17) is 15.1 Å². The van der Waals surface area contributed by atoms with Gasteiger partial charge in [0.1, 0.15) is 5.65 Å². The van der Waals surface area contributed by atoms with Gasteiger partial charge in [0.25, 0.3) is 0 Å². The van der Waals surface area contributed by atoms with Gasteiger partial charge in [-0.3, -0.25) is 4.40 Å². The summed E-state index contributed by atoms with van der Waals surface area (Å²) in [5.41, 5.74) is 5.76. The minimum atomic E-state index is -1.06. The minimum absolute atomic E-state index is 0.336. The Balaban J connectivity index is 1.63. The van der Waals surface area contributed by atoms with Crippen LogP contribution in [-0.4, -0.2) is 63.7 Å². The summed E-state index contributed by atoms with van der Waals surface area (Å²) in [7, 11) is 4.27. The van der Waals surface area contributed by atoms with Crippen molar-refractivity contribution in [3.63, 3.8) is 0 Å². The standard InChI is InChI=1S/C29H31N7O2/c1-19(32-29(37)38)21-8-10-22(11-9-21)25-26(23-6-4-20(18-30)5-7-23)33-28(36-17-14-31-27(25)36)35-15-12-24(13-16-35)34(2)3/h4-11,14,17,19,24,32H,12-13,15-16H2,1-3H3,(H,37,38).